The number of nitrogens with one attached hydrogen (secondary N) is 2. The maximum absolute atomic E-state index is 14.0. The van der Waals surface area contributed by atoms with Crippen molar-refractivity contribution in [2.45, 2.75) is 39.0 Å². The fraction of sp³-hybridized carbons (Fsp3) is 0.250. The first-order valence-corrected chi connectivity index (χ1v) is 13.1. The van der Waals surface area contributed by atoms with Crippen LogP contribution in [-0.4, -0.2) is 23.2 Å². The van der Waals surface area contributed by atoms with Gasteiger partial charge in [-0.3, -0.25) is 14.7 Å². The molecule has 0 fully saturated rings. The van der Waals surface area contributed by atoms with E-state index in [1.807, 2.05) is 80.6 Å². The molecule has 4 aromatic carbocycles. The molecule has 0 radical (unpaired) electrons. The first-order valence-electron chi connectivity index (χ1n) is 11.5. The molecule has 7 heteroatoms. The lowest BCUT2D eigenvalue weighted by Crippen LogP contribution is -2.46. The standard InChI is InChI=1S/C28H31N2O4P/c1-18-11-10-12-19(2)25(18)29-27(31)26(30-28(3,4)35(32,33)34-5)24-22-15-8-6-13-20(22)17-21-14-7-9-16-23(21)24/h6-17,26,30H,1-5H3,(H,29,31)(H,32,33). The van der Waals surface area contributed by atoms with E-state index >= 15 is 0 Å². The first kappa shape index (κ1) is 25.1. The van der Waals surface area contributed by atoms with Crippen molar-refractivity contribution in [1.82, 2.24) is 5.32 Å². The number of anilines is 1. The van der Waals surface area contributed by atoms with Crippen LogP contribution in [0.1, 0.15) is 36.6 Å². The van der Waals surface area contributed by atoms with Gasteiger partial charge in [0.15, 0.2) is 0 Å². The van der Waals surface area contributed by atoms with Gasteiger partial charge >= 0.3 is 7.60 Å². The van der Waals surface area contributed by atoms with Crippen LogP contribution in [0.25, 0.3) is 21.5 Å². The van der Waals surface area contributed by atoms with Gasteiger partial charge in [-0.1, -0.05) is 66.7 Å². The van der Waals surface area contributed by atoms with Crippen molar-refractivity contribution in [2.24, 2.45) is 0 Å². The molecule has 0 saturated heterocycles. The van der Waals surface area contributed by atoms with Crippen LogP contribution in [0.15, 0.2) is 72.8 Å². The maximum Gasteiger partial charge on any atom is 0.347 e. The highest BCUT2D eigenvalue weighted by atomic mass is 31.2. The molecule has 3 N–H and O–H groups in total. The Bertz CT molecular complexity index is 1390. The maximum atomic E-state index is 14.0. The summed E-state index contributed by atoms with van der Waals surface area (Å²) in [5.41, 5.74) is 3.34. The van der Waals surface area contributed by atoms with Crippen molar-refractivity contribution in [2.75, 3.05) is 12.4 Å². The van der Waals surface area contributed by atoms with E-state index in [0.717, 1.165) is 43.9 Å². The van der Waals surface area contributed by atoms with E-state index < -0.39 is 18.9 Å². The van der Waals surface area contributed by atoms with Gasteiger partial charge in [0.25, 0.3) is 0 Å². The third kappa shape index (κ3) is 4.75. The number of benzene rings is 4. The van der Waals surface area contributed by atoms with Crippen LogP contribution in [0.4, 0.5) is 5.69 Å². The van der Waals surface area contributed by atoms with Crippen LogP contribution in [-0.2, 0) is 13.9 Å². The molecule has 0 bridgehead atoms. The SMILES string of the molecule is COP(=O)(O)C(C)(C)NC(C(=O)Nc1c(C)cccc1C)c1c2ccccc2cc2ccccc12. The molecule has 0 aliphatic rings. The van der Waals surface area contributed by atoms with Gasteiger partial charge in [-0.15, -0.1) is 0 Å². The molecule has 0 saturated carbocycles. The highest BCUT2D eigenvalue weighted by Crippen LogP contribution is 2.54. The zero-order valence-corrected chi connectivity index (χ0v) is 21.5. The predicted molar refractivity (Wildman–Crippen MR) is 143 cm³/mol. The van der Waals surface area contributed by atoms with Crippen molar-refractivity contribution in [3.05, 3.63) is 89.5 Å². The van der Waals surface area contributed by atoms with Gasteiger partial charge in [-0.25, -0.2) is 0 Å². The third-order valence-corrected chi connectivity index (χ3v) is 8.58. The van der Waals surface area contributed by atoms with Crippen LogP contribution in [0.2, 0.25) is 0 Å². The molecular formula is C28H31N2O4P. The van der Waals surface area contributed by atoms with Crippen LogP contribution in [0.5, 0.6) is 0 Å². The number of aryl methyl sites for hydroxylation is 2. The zero-order chi connectivity index (χ0) is 25.4. The number of para-hydroxylation sites is 1. The minimum atomic E-state index is -4.10. The molecule has 35 heavy (non-hydrogen) atoms. The molecular weight excluding hydrogens is 459 g/mol. The van der Waals surface area contributed by atoms with Gasteiger partial charge in [-0.05, 0) is 72.0 Å². The Balaban J connectivity index is 1.95. The lowest BCUT2D eigenvalue weighted by Gasteiger charge is -2.34. The Morgan fingerprint density at radius 2 is 1.43 bits per heavy atom. The molecule has 4 aromatic rings. The number of carbonyl (C=O) groups excluding carboxylic acids is 1. The number of hydrogen-bond donors (Lipinski definition) is 3. The lowest BCUT2D eigenvalue weighted by atomic mass is 9.91. The average Bonchev–Trinajstić information content (AvgIpc) is 2.83. The quantitative estimate of drug-likeness (QED) is 0.205. The Hall–Kier alpha value is -3.02. The smallest absolute Gasteiger partial charge is 0.324 e. The highest BCUT2D eigenvalue weighted by molar-refractivity contribution is 7.54. The third-order valence-electron chi connectivity index (χ3n) is 6.54. The molecule has 2 unspecified atom stereocenters. The molecule has 0 spiro atoms. The molecule has 0 aromatic heterocycles. The van der Waals surface area contributed by atoms with Gasteiger partial charge in [0.05, 0.1) is 0 Å². The number of fused-ring (bicyclic) bond motifs is 2. The zero-order valence-electron chi connectivity index (χ0n) is 20.6. The van der Waals surface area contributed by atoms with Crippen LogP contribution >= 0.6 is 7.60 Å². The Morgan fingerprint density at radius 3 is 1.94 bits per heavy atom. The summed E-state index contributed by atoms with van der Waals surface area (Å²) in [5.74, 6) is -0.326. The number of rotatable bonds is 7. The molecule has 1 amide bonds. The molecule has 4 rings (SSSR count). The summed E-state index contributed by atoms with van der Waals surface area (Å²) in [6, 6.07) is 22.7. The summed E-state index contributed by atoms with van der Waals surface area (Å²) in [4.78, 5) is 24.6. The number of carbonyl (C=O) groups is 1. The monoisotopic (exact) mass is 490 g/mol. The second kappa shape index (κ2) is 9.56. The van der Waals surface area contributed by atoms with Gasteiger partial charge in [-0.2, -0.15) is 0 Å². The Labute approximate surface area is 205 Å². The molecule has 2 atom stereocenters. The number of amides is 1. The molecule has 6 nitrogen and oxygen atoms in total. The summed E-state index contributed by atoms with van der Waals surface area (Å²) in [5, 5.41) is 8.60. The first-order chi connectivity index (χ1) is 16.6. The lowest BCUT2D eigenvalue weighted by molar-refractivity contribution is -0.118. The highest BCUT2D eigenvalue weighted by Gasteiger charge is 2.43. The second-order valence-electron chi connectivity index (χ2n) is 9.33. The van der Waals surface area contributed by atoms with Gasteiger partial charge < -0.3 is 14.7 Å². The van der Waals surface area contributed by atoms with Crippen molar-refractivity contribution in [3.8, 4) is 0 Å². The molecule has 182 valence electrons. The van der Waals surface area contributed by atoms with Crippen molar-refractivity contribution >= 4 is 40.7 Å². The largest absolute Gasteiger partial charge is 0.347 e. The van der Waals surface area contributed by atoms with Crippen LogP contribution < -0.4 is 10.6 Å². The van der Waals surface area contributed by atoms with Crippen molar-refractivity contribution in [1.29, 1.82) is 0 Å². The van der Waals surface area contributed by atoms with Crippen LogP contribution in [0.3, 0.4) is 0 Å². The summed E-state index contributed by atoms with van der Waals surface area (Å²) >= 11 is 0. The summed E-state index contributed by atoms with van der Waals surface area (Å²) in [6.45, 7) is 7.03. The predicted octanol–water partition coefficient (Wildman–Crippen LogP) is 6.45. The Morgan fingerprint density at radius 1 is 0.914 bits per heavy atom. The van der Waals surface area contributed by atoms with Crippen molar-refractivity contribution in [3.63, 3.8) is 0 Å². The summed E-state index contributed by atoms with van der Waals surface area (Å²) in [7, 11) is -2.91. The van der Waals surface area contributed by atoms with E-state index in [0.29, 0.717) is 0 Å². The molecule has 0 aliphatic carbocycles. The minimum absolute atomic E-state index is 0.326. The second-order valence-corrected chi connectivity index (χ2v) is 11.9. The fourth-order valence-electron chi connectivity index (χ4n) is 4.50. The minimum Gasteiger partial charge on any atom is -0.324 e. The molecule has 0 aliphatic heterocycles. The fourth-order valence-corrected chi connectivity index (χ4v) is 5.25. The number of hydrogen-bond acceptors (Lipinski definition) is 4. The van der Waals surface area contributed by atoms with E-state index in [1.165, 1.54) is 7.11 Å². The average molecular weight is 491 g/mol. The van der Waals surface area contributed by atoms with Crippen molar-refractivity contribution < 1.29 is 18.8 Å². The van der Waals surface area contributed by atoms with Gasteiger partial charge in [0.1, 0.15) is 11.3 Å². The van der Waals surface area contributed by atoms with E-state index in [1.54, 1.807) is 13.8 Å². The molecule has 0 heterocycles. The summed E-state index contributed by atoms with van der Waals surface area (Å²) in [6.07, 6.45) is 0. The van der Waals surface area contributed by atoms with Gasteiger partial charge in [0, 0.05) is 12.8 Å². The van der Waals surface area contributed by atoms with E-state index in [2.05, 4.69) is 16.7 Å². The van der Waals surface area contributed by atoms with Crippen LogP contribution in [0, 0.1) is 13.8 Å². The normalized spacial score (nSPS) is 14.6. The van der Waals surface area contributed by atoms with E-state index in [9.17, 15) is 14.3 Å². The Kier molecular flexibility index (Phi) is 6.85. The topological polar surface area (TPSA) is 87.7 Å². The van der Waals surface area contributed by atoms with Gasteiger partial charge in [0.2, 0.25) is 5.91 Å². The van der Waals surface area contributed by atoms with E-state index in [4.69, 9.17) is 4.52 Å². The van der Waals surface area contributed by atoms with E-state index in [-0.39, 0.29) is 5.91 Å². The summed E-state index contributed by atoms with van der Waals surface area (Å²) < 4.78 is 17.9.